The van der Waals surface area contributed by atoms with Gasteiger partial charge in [-0.05, 0) is 25.0 Å². The first-order valence-electron chi connectivity index (χ1n) is 5.94. The van der Waals surface area contributed by atoms with Crippen molar-refractivity contribution in [2.45, 2.75) is 18.9 Å². The maximum absolute atomic E-state index is 11.0. The highest BCUT2D eigenvalue weighted by molar-refractivity contribution is 5.83. The lowest BCUT2D eigenvalue weighted by Crippen LogP contribution is -2.23. The molecule has 110 valence electrons. The molecule has 8 nitrogen and oxygen atoms in total. The van der Waals surface area contributed by atoms with Gasteiger partial charge >= 0.3 is 5.97 Å². The lowest BCUT2D eigenvalue weighted by Gasteiger charge is -2.05. The Kier molecular flexibility index (Phi) is 9.94. The van der Waals surface area contributed by atoms with Crippen LogP contribution in [0.1, 0.15) is 12.8 Å². The van der Waals surface area contributed by atoms with Gasteiger partial charge in [-0.25, -0.2) is 4.79 Å². The van der Waals surface area contributed by atoms with Crippen molar-refractivity contribution in [3.63, 3.8) is 0 Å². The van der Waals surface area contributed by atoms with Crippen LogP contribution in [0.3, 0.4) is 0 Å². The molecular formula is C12H20N6O2. The molecule has 8 heteroatoms. The zero-order valence-corrected chi connectivity index (χ0v) is 11.1. The van der Waals surface area contributed by atoms with Gasteiger partial charge in [-0.15, -0.1) is 0 Å². The fourth-order valence-electron chi connectivity index (χ4n) is 1.16. The van der Waals surface area contributed by atoms with E-state index in [0.29, 0.717) is 19.4 Å². The predicted molar refractivity (Wildman–Crippen MR) is 80.8 cm³/mol. The Bertz CT molecular complexity index is 422. The van der Waals surface area contributed by atoms with Crippen molar-refractivity contribution in [1.82, 2.24) is 0 Å². The summed E-state index contributed by atoms with van der Waals surface area (Å²) in [6.07, 6.45) is 9.74. The van der Waals surface area contributed by atoms with Crippen LogP contribution in [0, 0.1) is 0 Å². The highest BCUT2D eigenvalue weighted by Gasteiger charge is 2.13. The van der Waals surface area contributed by atoms with E-state index in [1.807, 2.05) is 0 Å². The molecule has 0 aliphatic rings. The largest absolute Gasteiger partial charge is 0.480 e. The Labute approximate surface area is 117 Å². The molecule has 0 spiro atoms. The molecule has 0 aliphatic carbocycles. The predicted octanol–water partition coefficient (Wildman–Crippen LogP) is -0.379. The summed E-state index contributed by atoms with van der Waals surface area (Å²) in [6.45, 7) is 0.384. The van der Waals surface area contributed by atoms with Crippen molar-refractivity contribution < 1.29 is 9.90 Å². The summed E-state index contributed by atoms with van der Waals surface area (Å²) in [5, 5.41) is 8.98. The normalized spacial score (nSPS) is 13.6. The Morgan fingerprint density at radius 3 is 2.55 bits per heavy atom. The van der Waals surface area contributed by atoms with E-state index < -0.39 is 12.0 Å². The lowest BCUT2D eigenvalue weighted by molar-refractivity contribution is -0.138. The molecule has 0 amide bonds. The Hall–Kier alpha value is -2.64. The molecule has 7 N–H and O–H groups in total. The third-order valence-electron chi connectivity index (χ3n) is 2.02. The van der Waals surface area contributed by atoms with Crippen molar-refractivity contribution in [3.8, 4) is 0 Å². The summed E-state index contributed by atoms with van der Waals surface area (Å²) in [5.41, 5.74) is 15.4. The number of hydrogen-bond donors (Lipinski definition) is 4. The maximum Gasteiger partial charge on any atom is 0.328 e. The average Bonchev–Trinajstić information content (AvgIpc) is 2.39. The molecule has 0 heterocycles. The van der Waals surface area contributed by atoms with Gasteiger partial charge in [0.2, 0.25) is 0 Å². The standard InChI is InChI=1S/C12H20N6O2/c13-5-9-16-6-1-2-7-17-10(11(19)20)4-3-8-18-12(14)15/h1-2,5-7,9-10H,3-4,8,13H2,(H,19,20)(H4,14,15,18)/b2-1+,9-5-,16-6+,17-7?. The van der Waals surface area contributed by atoms with Crippen LogP contribution in [0.25, 0.3) is 0 Å². The van der Waals surface area contributed by atoms with E-state index >= 15 is 0 Å². The molecule has 0 aromatic carbocycles. The summed E-state index contributed by atoms with van der Waals surface area (Å²) in [6, 6.07) is -0.810. The van der Waals surface area contributed by atoms with Gasteiger partial charge in [0, 0.05) is 31.4 Å². The van der Waals surface area contributed by atoms with E-state index in [-0.39, 0.29) is 5.96 Å². The van der Waals surface area contributed by atoms with Crippen LogP contribution in [-0.2, 0) is 4.79 Å². The van der Waals surface area contributed by atoms with Crippen molar-refractivity contribution in [2.75, 3.05) is 6.54 Å². The number of carboxylic acids is 1. The Morgan fingerprint density at radius 1 is 1.25 bits per heavy atom. The minimum Gasteiger partial charge on any atom is -0.480 e. The number of aliphatic carboxylic acids is 1. The van der Waals surface area contributed by atoms with Gasteiger partial charge in [-0.2, -0.15) is 0 Å². The van der Waals surface area contributed by atoms with Crippen LogP contribution in [0.2, 0.25) is 0 Å². The first-order chi connectivity index (χ1) is 9.57. The Balaban J connectivity index is 4.20. The summed E-state index contributed by atoms with van der Waals surface area (Å²) in [5.74, 6) is -0.992. The highest BCUT2D eigenvalue weighted by atomic mass is 16.4. The quantitative estimate of drug-likeness (QED) is 0.257. The van der Waals surface area contributed by atoms with Gasteiger partial charge < -0.3 is 22.3 Å². The number of nitrogens with zero attached hydrogens (tertiary/aromatic N) is 3. The second-order valence-electron chi connectivity index (χ2n) is 3.63. The van der Waals surface area contributed by atoms with Crippen LogP contribution in [-0.4, -0.2) is 42.1 Å². The molecule has 20 heavy (non-hydrogen) atoms. The van der Waals surface area contributed by atoms with Gasteiger partial charge in [-0.3, -0.25) is 15.0 Å². The zero-order valence-electron chi connectivity index (χ0n) is 11.1. The fourth-order valence-corrected chi connectivity index (χ4v) is 1.16. The Morgan fingerprint density at radius 2 is 1.95 bits per heavy atom. The molecular weight excluding hydrogens is 260 g/mol. The number of carbonyl (C=O) groups is 1. The van der Waals surface area contributed by atoms with Gasteiger partial charge in [0.15, 0.2) is 5.96 Å². The van der Waals surface area contributed by atoms with E-state index in [9.17, 15) is 4.79 Å². The molecule has 0 bridgehead atoms. The van der Waals surface area contributed by atoms with Crippen molar-refractivity contribution in [2.24, 2.45) is 32.2 Å². The van der Waals surface area contributed by atoms with Gasteiger partial charge in [0.1, 0.15) is 6.04 Å². The van der Waals surface area contributed by atoms with Gasteiger partial charge in [-0.1, -0.05) is 0 Å². The molecule has 1 atom stereocenters. The van der Waals surface area contributed by atoms with Crippen LogP contribution in [0.4, 0.5) is 0 Å². The number of hydrogen-bond acceptors (Lipinski definition) is 5. The molecule has 1 unspecified atom stereocenters. The van der Waals surface area contributed by atoms with E-state index in [4.69, 9.17) is 22.3 Å². The van der Waals surface area contributed by atoms with Crippen molar-refractivity contribution >= 4 is 24.4 Å². The zero-order chi connectivity index (χ0) is 15.2. The topological polar surface area (TPSA) is 152 Å². The SMILES string of the molecule is N\C=C/N=C/C=C/C=NC(CCCN=C(N)N)C(=O)O. The summed E-state index contributed by atoms with van der Waals surface area (Å²) in [7, 11) is 0. The number of rotatable bonds is 9. The van der Waals surface area contributed by atoms with Crippen LogP contribution in [0.5, 0.6) is 0 Å². The summed E-state index contributed by atoms with van der Waals surface area (Å²) < 4.78 is 0. The first kappa shape index (κ1) is 17.4. The number of aliphatic imine (C=N–C) groups is 3. The molecule has 0 fully saturated rings. The molecule has 0 aromatic heterocycles. The average molecular weight is 280 g/mol. The van der Waals surface area contributed by atoms with Crippen LogP contribution >= 0.6 is 0 Å². The lowest BCUT2D eigenvalue weighted by atomic mass is 10.1. The molecule has 0 aliphatic heterocycles. The first-order valence-corrected chi connectivity index (χ1v) is 5.94. The number of guanidine groups is 1. The smallest absolute Gasteiger partial charge is 0.328 e. The number of nitrogens with two attached hydrogens (primary N) is 3. The van der Waals surface area contributed by atoms with E-state index in [0.717, 1.165) is 0 Å². The highest BCUT2D eigenvalue weighted by Crippen LogP contribution is 2.02. The van der Waals surface area contributed by atoms with Gasteiger partial charge in [0.25, 0.3) is 0 Å². The fraction of sp³-hybridized carbons (Fsp3) is 0.333. The molecule has 0 radical (unpaired) electrons. The van der Waals surface area contributed by atoms with Crippen LogP contribution < -0.4 is 17.2 Å². The molecule has 0 saturated carbocycles. The van der Waals surface area contributed by atoms with E-state index in [1.54, 1.807) is 12.2 Å². The summed E-state index contributed by atoms with van der Waals surface area (Å²) >= 11 is 0. The van der Waals surface area contributed by atoms with E-state index in [2.05, 4.69) is 15.0 Å². The second kappa shape index (κ2) is 11.5. The van der Waals surface area contributed by atoms with E-state index in [1.165, 1.54) is 24.8 Å². The monoisotopic (exact) mass is 280 g/mol. The van der Waals surface area contributed by atoms with Crippen molar-refractivity contribution in [1.29, 1.82) is 0 Å². The van der Waals surface area contributed by atoms with Gasteiger partial charge in [0.05, 0.1) is 0 Å². The number of allylic oxidation sites excluding steroid dienone is 2. The molecule has 0 saturated heterocycles. The number of carboxylic acid groups (broad SMARTS) is 1. The third kappa shape index (κ3) is 10.5. The van der Waals surface area contributed by atoms with Crippen LogP contribution in [0.15, 0.2) is 39.5 Å². The van der Waals surface area contributed by atoms with Crippen molar-refractivity contribution in [3.05, 3.63) is 24.6 Å². The second-order valence-corrected chi connectivity index (χ2v) is 3.63. The maximum atomic E-state index is 11.0. The third-order valence-corrected chi connectivity index (χ3v) is 2.02. The minimum atomic E-state index is -0.987. The molecule has 0 aromatic rings. The minimum absolute atomic E-state index is 0.00544. The molecule has 0 rings (SSSR count). The summed E-state index contributed by atoms with van der Waals surface area (Å²) in [4.78, 5) is 22.4.